The van der Waals surface area contributed by atoms with Crippen LogP contribution < -0.4 is 14.8 Å². The van der Waals surface area contributed by atoms with Crippen molar-refractivity contribution < 1.29 is 32.6 Å². The van der Waals surface area contributed by atoms with E-state index in [-0.39, 0.29) is 40.9 Å². The van der Waals surface area contributed by atoms with E-state index < -0.39 is 34.5 Å². The van der Waals surface area contributed by atoms with E-state index >= 15 is 0 Å². The highest BCUT2D eigenvalue weighted by atomic mass is 35.5. The van der Waals surface area contributed by atoms with E-state index in [1.165, 1.54) is 36.4 Å². The zero-order valence-corrected chi connectivity index (χ0v) is 25.3. The van der Waals surface area contributed by atoms with Crippen LogP contribution >= 0.6 is 23.2 Å². The van der Waals surface area contributed by atoms with Crippen molar-refractivity contribution >= 4 is 45.1 Å². The lowest BCUT2D eigenvalue weighted by molar-refractivity contribution is -0.137. The maximum absolute atomic E-state index is 13.7. The maximum Gasteiger partial charge on any atom is 0.305 e. The van der Waals surface area contributed by atoms with Gasteiger partial charge >= 0.3 is 5.97 Å². The minimum atomic E-state index is -4.26. The summed E-state index contributed by atoms with van der Waals surface area (Å²) in [5.41, 5.74) is 3.28. The lowest BCUT2D eigenvalue weighted by Crippen LogP contribution is -2.46. The van der Waals surface area contributed by atoms with Crippen molar-refractivity contribution in [2.75, 3.05) is 26.8 Å². The van der Waals surface area contributed by atoms with Crippen LogP contribution in [0.3, 0.4) is 0 Å². The van der Waals surface area contributed by atoms with Gasteiger partial charge in [-0.05, 0) is 84.8 Å². The van der Waals surface area contributed by atoms with E-state index in [0.29, 0.717) is 11.5 Å². The highest BCUT2D eigenvalue weighted by molar-refractivity contribution is 7.89. The van der Waals surface area contributed by atoms with Crippen LogP contribution in [0.15, 0.2) is 65.6 Å². The number of hydrogen-bond donors (Lipinski definition) is 2. The molecule has 1 aliphatic rings. The topological polar surface area (TPSA) is 122 Å². The summed E-state index contributed by atoms with van der Waals surface area (Å²) in [6.07, 6.45) is 2.95. The second kappa shape index (κ2) is 14.2. The number of ether oxygens (including phenoxy) is 2. The van der Waals surface area contributed by atoms with Crippen LogP contribution in [0.1, 0.15) is 29.5 Å². The monoisotopic (exact) mass is 634 g/mol. The van der Waals surface area contributed by atoms with Gasteiger partial charge in [-0.25, -0.2) is 8.42 Å². The molecule has 1 atom stereocenters. The molecular formula is C30H32Cl2N2O7S. The molecule has 0 fully saturated rings. The molecule has 0 aliphatic heterocycles. The van der Waals surface area contributed by atoms with E-state index in [0.717, 1.165) is 29.1 Å². The zero-order chi connectivity index (χ0) is 30.3. The minimum Gasteiger partial charge on any atom is -0.497 e. The van der Waals surface area contributed by atoms with Gasteiger partial charge in [0.2, 0.25) is 15.9 Å². The summed E-state index contributed by atoms with van der Waals surface area (Å²) >= 11 is 12.2. The molecule has 0 radical (unpaired) electrons. The zero-order valence-electron chi connectivity index (χ0n) is 23.0. The van der Waals surface area contributed by atoms with Crippen molar-refractivity contribution in [1.82, 2.24) is 9.62 Å². The first-order chi connectivity index (χ1) is 20.0. The molecule has 0 spiro atoms. The Bertz CT molecular complexity index is 1530. The number of sulfonamides is 1. The molecule has 1 aliphatic carbocycles. The van der Waals surface area contributed by atoms with Gasteiger partial charge in [-0.15, -0.1) is 0 Å². The number of rotatable bonds is 14. The third-order valence-electron chi connectivity index (χ3n) is 6.94. The Balaban J connectivity index is 1.50. The number of aryl methyl sites for hydroxylation is 2. The summed E-state index contributed by atoms with van der Waals surface area (Å²) < 4.78 is 39.3. The SMILES string of the molecule is COc1ccc(CC(CC(=O)O)NC(=O)CN(CCOc2ccc3c(c2)CCC3)S(=O)(=O)c2ccc(Cl)cc2Cl)cc1. The molecule has 4 rings (SSSR count). The number of carboxylic acid groups (broad SMARTS) is 1. The Hall–Kier alpha value is -3.31. The first kappa shape index (κ1) is 31.6. The number of nitrogens with one attached hydrogen (secondary N) is 1. The number of amides is 1. The van der Waals surface area contributed by atoms with Crippen LogP contribution in [0.4, 0.5) is 0 Å². The number of carbonyl (C=O) groups excluding carboxylic acids is 1. The van der Waals surface area contributed by atoms with Crippen molar-refractivity contribution in [3.05, 3.63) is 87.4 Å². The average molecular weight is 636 g/mol. The van der Waals surface area contributed by atoms with E-state index in [1.54, 1.807) is 24.3 Å². The highest BCUT2D eigenvalue weighted by Gasteiger charge is 2.30. The van der Waals surface area contributed by atoms with Gasteiger partial charge in [-0.1, -0.05) is 41.4 Å². The molecule has 2 N–H and O–H groups in total. The summed E-state index contributed by atoms with van der Waals surface area (Å²) in [4.78, 5) is 24.5. The van der Waals surface area contributed by atoms with E-state index in [2.05, 4.69) is 5.32 Å². The summed E-state index contributed by atoms with van der Waals surface area (Å²) in [5.74, 6) is -0.515. The predicted octanol–water partition coefficient (Wildman–Crippen LogP) is 4.76. The average Bonchev–Trinajstić information content (AvgIpc) is 3.40. The number of fused-ring (bicyclic) bond motifs is 1. The van der Waals surface area contributed by atoms with Gasteiger partial charge in [-0.3, -0.25) is 9.59 Å². The number of aliphatic carboxylic acids is 1. The van der Waals surface area contributed by atoms with Crippen LogP contribution in [0.5, 0.6) is 11.5 Å². The molecule has 42 heavy (non-hydrogen) atoms. The van der Waals surface area contributed by atoms with Crippen molar-refractivity contribution in [3.8, 4) is 11.5 Å². The van der Waals surface area contributed by atoms with Crippen LogP contribution in [0.2, 0.25) is 10.0 Å². The second-order valence-corrected chi connectivity index (χ2v) is 12.7. The van der Waals surface area contributed by atoms with E-state index in [1.807, 2.05) is 18.2 Å². The largest absolute Gasteiger partial charge is 0.497 e. The summed E-state index contributed by atoms with van der Waals surface area (Å²) in [5, 5.41) is 12.3. The quantitative estimate of drug-likeness (QED) is 0.262. The van der Waals surface area contributed by atoms with Gasteiger partial charge in [-0.2, -0.15) is 4.31 Å². The normalized spacial score (nSPS) is 13.4. The fourth-order valence-corrected chi connectivity index (χ4v) is 7.00. The molecule has 1 unspecified atom stereocenters. The molecular weight excluding hydrogens is 603 g/mol. The highest BCUT2D eigenvalue weighted by Crippen LogP contribution is 2.28. The summed E-state index contributed by atoms with van der Waals surface area (Å²) in [6.45, 7) is -0.762. The van der Waals surface area contributed by atoms with Crippen molar-refractivity contribution in [3.63, 3.8) is 0 Å². The number of benzene rings is 3. The maximum atomic E-state index is 13.7. The first-order valence-electron chi connectivity index (χ1n) is 13.4. The minimum absolute atomic E-state index is 0.0269. The molecule has 3 aromatic carbocycles. The lowest BCUT2D eigenvalue weighted by atomic mass is 10.0. The molecule has 12 heteroatoms. The van der Waals surface area contributed by atoms with Crippen LogP contribution in [0, 0.1) is 0 Å². The van der Waals surface area contributed by atoms with Gasteiger partial charge in [0.05, 0.1) is 25.1 Å². The lowest BCUT2D eigenvalue weighted by Gasteiger charge is -2.24. The Morgan fingerprint density at radius 3 is 2.40 bits per heavy atom. The number of nitrogens with zero attached hydrogens (tertiary/aromatic N) is 1. The number of methoxy groups -OCH3 is 1. The van der Waals surface area contributed by atoms with Crippen molar-refractivity contribution in [1.29, 1.82) is 0 Å². The van der Waals surface area contributed by atoms with E-state index in [9.17, 15) is 23.1 Å². The number of halogens is 2. The molecule has 0 saturated heterocycles. The predicted molar refractivity (Wildman–Crippen MR) is 160 cm³/mol. The molecule has 0 heterocycles. The fourth-order valence-electron chi connectivity index (χ4n) is 4.88. The van der Waals surface area contributed by atoms with Gasteiger partial charge in [0, 0.05) is 17.6 Å². The van der Waals surface area contributed by atoms with Gasteiger partial charge in [0.1, 0.15) is 23.0 Å². The number of hydrogen-bond acceptors (Lipinski definition) is 6. The van der Waals surface area contributed by atoms with Crippen LogP contribution in [0.25, 0.3) is 0 Å². The van der Waals surface area contributed by atoms with Crippen LogP contribution in [-0.2, 0) is 38.9 Å². The Labute approximate surface area is 255 Å². The molecule has 0 bridgehead atoms. The molecule has 1 amide bonds. The third-order valence-corrected chi connectivity index (χ3v) is 9.50. The summed E-state index contributed by atoms with van der Waals surface area (Å²) in [6, 6.07) is 16.0. The number of carboxylic acids is 1. The third kappa shape index (κ3) is 8.38. The number of carbonyl (C=O) groups is 2. The van der Waals surface area contributed by atoms with Gasteiger partial charge in [0.15, 0.2) is 0 Å². The second-order valence-electron chi connectivity index (χ2n) is 9.96. The van der Waals surface area contributed by atoms with Crippen molar-refractivity contribution in [2.24, 2.45) is 0 Å². The van der Waals surface area contributed by atoms with Crippen LogP contribution in [-0.4, -0.2) is 62.6 Å². The Kier molecular flexibility index (Phi) is 10.7. The van der Waals surface area contributed by atoms with E-state index in [4.69, 9.17) is 32.7 Å². The molecule has 3 aromatic rings. The Morgan fingerprint density at radius 2 is 1.71 bits per heavy atom. The van der Waals surface area contributed by atoms with Gasteiger partial charge < -0.3 is 19.9 Å². The smallest absolute Gasteiger partial charge is 0.305 e. The standard InChI is InChI=1S/C30H32Cl2N2O7S/c1-40-25-9-5-20(6-10-25)15-24(18-30(36)37)33-29(35)19-34(42(38,39)28-12-8-23(31)17-27(28)32)13-14-41-26-11-7-21-3-2-4-22(21)16-26/h5-12,16-17,24H,2-4,13-15,18-19H2,1H3,(H,33,35)(H,36,37). The molecule has 0 saturated carbocycles. The molecule has 9 nitrogen and oxygen atoms in total. The summed E-state index contributed by atoms with van der Waals surface area (Å²) in [7, 11) is -2.72. The van der Waals surface area contributed by atoms with Gasteiger partial charge in [0.25, 0.3) is 0 Å². The fraction of sp³-hybridized carbons (Fsp3) is 0.333. The Morgan fingerprint density at radius 1 is 1.00 bits per heavy atom. The first-order valence-corrected chi connectivity index (χ1v) is 15.6. The molecule has 224 valence electrons. The van der Waals surface area contributed by atoms with Crippen molar-refractivity contribution in [2.45, 2.75) is 43.0 Å². The molecule has 0 aromatic heterocycles.